The largest absolute Gasteiger partial charge is 0.392 e. The average Bonchev–Trinajstić information content (AvgIpc) is 2.59. The lowest BCUT2D eigenvalue weighted by Crippen LogP contribution is -2.22. The zero-order valence-corrected chi connectivity index (χ0v) is 11.4. The van der Waals surface area contributed by atoms with Crippen LogP contribution in [0.25, 0.3) is 0 Å². The fourth-order valence-corrected chi connectivity index (χ4v) is 2.69. The lowest BCUT2D eigenvalue weighted by molar-refractivity contribution is 0.281. The Morgan fingerprint density at radius 1 is 1.44 bits per heavy atom. The van der Waals surface area contributed by atoms with E-state index in [2.05, 4.69) is 46.8 Å². The Morgan fingerprint density at radius 3 is 2.69 bits per heavy atom. The molecular weight excluding hydrogens is 266 g/mol. The monoisotopic (exact) mass is 283 g/mol. The van der Waals surface area contributed by atoms with Gasteiger partial charge in [0.05, 0.1) is 6.61 Å². The van der Waals surface area contributed by atoms with E-state index in [0.717, 1.165) is 23.1 Å². The van der Waals surface area contributed by atoms with Crippen molar-refractivity contribution in [3.63, 3.8) is 0 Å². The SMILES string of the molecule is CC1(C)CCN(c2ccc(CO)c(Br)c2)C1. The third kappa shape index (κ3) is 2.41. The minimum Gasteiger partial charge on any atom is -0.392 e. The molecule has 1 saturated heterocycles. The van der Waals surface area contributed by atoms with E-state index >= 15 is 0 Å². The minimum absolute atomic E-state index is 0.0896. The maximum atomic E-state index is 9.11. The summed E-state index contributed by atoms with van der Waals surface area (Å²) in [4.78, 5) is 2.41. The van der Waals surface area contributed by atoms with Crippen molar-refractivity contribution in [1.82, 2.24) is 0 Å². The molecule has 0 aliphatic carbocycles. The van der Waals surface area contributed by atoms with E-state index < -0.39 is 0 Å². The van der Waals surface area contributed by atoms with Gasteiger partial charge in [-0.25, -0.2) is 0 Å². The standard InChI is InChI=1S/C13H18BrNO/c1-13(2)5-6-15(9-13)11-4-3-10(8-16)12(14)7-11/h3-4,7,16H,5-6,8-9H2,1-2H3. The van der Waals surface area contributed by atoms with Crippen molar-refractivity contribution in [3.8, 4) is 0 Å². The van der Waals surface area contributed by atoms with Crippen LogP contribution >= 0.6 is 15.9 Å². The van der Waals surface area contributed by atoms with Gasteiger partial charge in [-0.15, -0.1) is 0 Å². The van der Waals surface area contributed by atoms with Crippen LogP contribution in [0.5, 0.6) is 0 Å². The van der Waals surface area contributed by atoms with Crippen LogP contribution in [0.4, 0.5) is 5.69 Å². The summed E-state index contributed by atoms with van der Waals surface area (Å²) in [6, 6.07) is 6.19. The summed E-state index contributed by atoms with van der Waals surface area (Å²) in [6.07, 6.45) is 1.24. The Morgan fingerprint density at radius 2 is 2.19 bits per heavy atom. The van der Waals surface area contributed by atoms with Gasteiger partial charge < -0.3 is 10.0 Å². The molecule has 0 aromatic heterocycles. The molecular formula is C13H18BrNO. The number of aliphatic hydroxyl groups is 1. The first-order valence-corrected chi connectivity index (χ1v) is 6.45. The van der Waals surface area contributed by atoms with Crippen LogP contribution in [-0.2, 0) is 6.61 Å². The van der Waals surface area contributed by atoms with Crippen molar-refractivity contribution in [2.75, 3.05) is 18.0 Å². The fourth-order valence-electron chi connectivity index (χ4n) is 2.19. The number of rotatable bonds is 2. The number of nitrogens with zero attached hydrogens (tertiary/aromatic N) is 1. The van der Waals surface area contributed by atoms with Gasteiger partial charge in [0.15, 0.2) is 0 Å². The van der Waals surface area contributed by atoms with Gasteiger partial charge in [-0.3, -0.25) is 0 Å². The Hall–Kier alpha value is -0.540. The lowest BCUT2D eigenvalue weighted by atomic mass is 9.93. The Kier molecular flexibility index (Phi) is 3.27. The summed E-state index contributed by atoms with van der Waals surface area (Å²) in [5, 5.41) is 9.11. The summed E-state index contributed by atoms with van der Waals surface area (Å²) in [6.45, 7) is 6.94. The van der Waals surface area contributed by atoms with Crippen LogP contribution in [0.15, 0.2) is 22.7 Å². The topological polar surface area (TPSA) is 23.5 Å². The summed E-state index contributed by atoms with van der Waals surface area (Å²) in [5.74, 6) is 0. The first-order valence-electron chi connectivity index (χ1n) is 5.66. The third-order valence-corrected chi connectivity index (χ3v) is 3.99. The van der Waals surface area contributed by atoms with Crippen molar-refractivity contribution in [2.24, 2.45) is 5.41 Å². The molecule has 0 atom stereocenters. The summed E-state index contributed by atoms with van der Waals surface area (Å²) in [7, 11) is 0. The molecule has 1 aromatic rings. The molecule has 0 radical (unpaired) electrons. The van der Waals surface area contributed by atoms with Gasteiger partial charge >= 0.3 is 0 Å². The smallest absolute Gasteiger partial charge is 0.0692 e. The second-order valence-corrected chi connectivity index (χ2v) is 6.12. The maximum absolute atomic E-state index is 9.11. The molecule has 2 nitrogen and oxygen atoms in total. The molecule has 0 saturated carbocycles. The van der Waals surface area contributed by atoms with Crippen molar-refractivity contribution in [2.45, 2.75) is 26.9 Å². The number of benzene rings is 1. The number of hydrogen-bond acceptors (Lipinski definition) is 2. The highest BCUT2D eigenvalue weighted by molar-refractivity contribution is 9.10. The van der Waals surface area contributed by atoms with E-state index in [1.807, 2.05) is 6.07 Å². The van der Waals surface area contributed by atoms with Gasteiger partial charge in [0.2, 0.25) is 0 Å². The van der Waals surface area contributed by atoms with Crippen LogP contribution < -0.4 is 4.90 Å². The predicted octanol–water partition coefficient (Wildman–Crippen LogP) is 3.18. The van der Waals surface area contributed by atoms with E-state index in [0.29, 0.717) is 5.41 Å². The molecule has 0 spiro atoms. The van der Waals surface area contributed by atoms with E-state index in [1.165, 1.54) is 12.1 Å². The Balaban J connectivity index is 2.20. The number of halogens is 1. The highest BCUT2D eigenvalue weighted by atomic mass is 79.9. The molecule has 88 valence electrons. The van der Waals surface area contributed by atoms with Gasteiger partial charge in [0.1, 0.15) is 0 Å². The molecule has 3 heteroatoms. The van der Waals surface area contributed by atoms with Gasteiger partial charge in [0, 0.05) is 23.2 Å². The molecule has 0 amide bonds. The van der Waals surface area contributed by atoms with Gasteiger partial charge in [-0.1, -0.05) is 35.8 Å². The number of hydrogen-bond donors (Lipinski definition) is 1. The zero-order valence-electron chi connectivity index (χ0n) is 9.83. The van der Waals surface area contributed by atoms with Crippen molar-refractivity contribution >= 4 is 21.6 Å². The van der Waals surface area contributed by atoms with Crippen LogP contribution in [0.2, 0.25) is 0 Å². The number of aliphatic hydroxyl groups excluding tert-OH is 1. The maximum Gasteiger partial charge on any atom is 0.0692 e. The fraction of sp³-hybridized carbons (Fsp3) is 0.538. The molecule has 1 aliphatic rings. The molecule has 1 fully saturated rings. The van der Waals surface area contributed by atoms with Crippen LogP contribution in [0.3, 0.4) is 0 Å². The molecule has 2 rings (SSSR count). The highest BCUT2D eigenvalue weighted by Gasteiger charge is 2.29. The van der Waals surface area contributed by atoms with Crippen LogP contribution in [-0.4, -0.2) is 18.2 Å². The van der Waals surface area contributed by atoms with Gasteiger partial charge in [-0.05, 0) is 29.5 Å². The molecule has 0 unspecified atom stereocenters. The molecule has 1 heterocycles. The lowest BCUT2D eigenvalue weighted by Gasteiger charge is -2.22. The summed E-state index contributed by atoms with van der Waals surface area (Å²) >= 11 is 3.50. The molecule has 1 N–H and O–H groups in total. The molecule has 1 aliphatic heterocycles. The minimum atomic E-state index is 0.0896. The van der Waals surface area contributed by atoms with Gasteiger partial charge in [0.25, 0.3) is 0 Å². The van der Waals surface area contributed by atoms with Crippen molar-refractivity contribution < 1.29 is 5.11 Å². The first-order chi connectivity index (χ1) is 7.52. The van der Waals surface area contributed by atoms with E-state index in [-0.39, 0.29) is 6.61 Å². The molecule has 0 bridgehead atoms. The van der Waals surface area contributed by atoms with E-state index in [9.17, 15) is 0 Å². The number of anilines is 1. The van der Waals surface area contributed by atoms with E-state index in [4.69, 9.17) is 5.11 Å². The van der Waals surface area contributed by atoms with Crippen LogP contribution in [0.1, 0.15) is 25.8 Å². The predicted molar refractivity (Wildman–Crippen MR) is 70.7 cm³/mol. The third-order valence-electron chi connectivity index (χ3n) is 3.25. The van der Waals surface area contributed by atoms with Gasteiger partial charge in [-0.2, -0.15) is 0 Å². The summed E-state index contributed by atoms with van der Waals surface area (Å²) < 4.78 is 0.997. The molecule has 16 heavy (non-hydrogen) atoms. The highest BCUT2D eigenvalue weighted by Crippen LogP contribution is 2.34. The average molecular weight is 284 g/mol. The van der Waals surface area contributed by atoms with Crippen molar-refractivity contribution in [1.29, 1.82) is 0 Å². The normalized spacial score (nSPS) is 19.1. The molecule has 1 aromatic carbocycles. The van der Waals surface area contributed by atoms with Crippen molar-refractivity contribution in [3.05, 3.63) is 28.2 Å². The Labute approximate surface area is 105 Å². The second kappa shape index (κ2) is 4.38. The van der Waals surface area contributed by atoms with E-state index in [1.54, 1.807) is 0 Å². The zero-order chi connectivity index (χ0) is 11.8. The van der Waals surface area contributed by atoms with Crippen LogP contribution in [0, 0.1) is 5.41 Å². The second-order valence-electron chi connectivity index (χ2n) is 5.27. The first kappa shape index (κ1) is 11.9. The quantitative estimate of drug-likeness (QED) is 0.901. The Bertz CT molecular complexity index is 390. The summed E-state index contributed by atoms with van der Waals surface area (Å²) in [5.41, 5.74) is 2.61.